The van der Waals surface area contributed by atoms with E-state index in [9.17, 15) is 4.79 Å². The van der Waals surface area contributed by atoms with Crippen molar-refractivity contribution in [2.75, 3.05) is 25.1 Å². The molecule has 1 unspecified atom stereocenters. The molecule has 1 aliphatic rings. The van der Waals surface area contributed by atoms with Gasteiger partial charge in [0.05, 0.1) is 6.10 Å². The standard InChI is InChI=1S/C18H21N3O2/c1-21(14-6-3-2-4-7-14)15-9-10-19-17(12-15)18(22)20-13-16-8-5-11-23-16/h2-4,6-7,9-10,12,16H,5,8,11,13H2,1H3,(H,20,22). The van der Waals surface area contributed by atoms with E-state index in [0.717, 1.165) is 30.8 Å². The second kappa shape index (κ2) is 7.24. The summed E-state index contributed by atoms with van der Waals surface area (Å²) in [7, 11) is 1.97. The predicted octanol–water partition coefficient (Wildman–Crippen LogP) is 2.76. The molecule has 0 saturated carbocycles. The smallest absolute Gasteiger partial charge is 0.270 e. The van der Waals surface area contributed by atoms with E-state index in [4.69, 9.17) is 4.74 Å². The maximum absolute atomic E-state index is 12.3. The molecule has 0 bridgehead atoms. The van der Waals surface area contributed by atoms with Crippen molar-refractivity contribution in [3.8, 4) is 0 Å². The third-order valence-electron chi connectivity index (χ3n) is 4.02. The normalized spacial score (nSPS) is 17.0. The lowest BCUT2D eigenvalue weighted by molar-refractivity contribution is 0.0854. The number of rotatable bonds is 5. The Kier molecular flexibility index (Phi) is 4.88. The van der Waals surface area contributed by atoms with Crippen molar-refractivity contribution in [2.24, 2.45) is 0 Å². The van der Waals surface area contributed by atoms with Gasteiger partial charge in [0.15, 0.2) is 0 Å². The van der Waals surface area contributed by atoms with Gasteiger partial charge in [0.2, 0.25) is 0 Å². The van der Waals surface area contributed by atoms with Gasteiger partial charge in [-0.3, -0.25) is 9.78 Å². The molecule has 1 aromatic carbocycles. The molecule has 120 valence electrons. The largest absolute Gasteiger partial charge is 0.376 e. The molecule has 1 N–H and O–H groups in total. The van der Waals surface area contributed by atoms with Crippen molar-refractivity contribution in [1.82, 2.24) is 10.3 Å². The number of hydrogen-bond donors (Lipinski definition) is 1. The third kappa shape index (κ3) is 3.87. The quantitative estimate of drug-likeness (QED) is 0.922. The third-order valence-corrected chi connectivity index (χ3v) is 4.02. The Bertz CT molecular complexity index is 654. The minimum Gasteiger partial charge on any atom is -0.376 e. The lowest BCUT2D eigenvalue weighted by Gasteiger charge is -2.19. The van der Waals surface area contributed by atoms with E-state index in [1.807, 2.05) is 48.3 Å². The summed E-state index contributed by atoms with van der Waals surface area (Å²) in [6.45, 7) is 1.33. The predicted molar refractivity (Wildman–Crippen MR) is 90.0 cm³/mol. The lowest BCUT2D eigenvalue weighted by atomic mass is 10.2. The summed E-state index contributed by atoms with van der Waals surface area (Å²) in [5.41, 5.74) is 2.40. The molecule has 1 saturated heterocycles. The minimum atomic E-state index is -0.163. The molecular weight excluding hydrogens is 290 g/mol. The summed E-state index contributed by atoms with van der Waals surface area (Å²) in [6.07, 6.45) is 3.87. The average molecular weight is 311 g/mol. The van der Waals surface area contributed by atoms with Crippen molar-refractivity contribution < 1.29 is 9.53 Å². The van der Waals surface area contributed by atoms with Gasteiger partial charge in [0, 0.05) is 37.8 Å². The van der Waals surface area contributed by atoms with E-state index in [1.165, 1.54) is 0 Å². The summed E-state index contributed by atoms with van der Waals surface area (Å²) < 4.78 is 5.52. The van der Waals surface area contributed by atoms with Crippen molar-refractivity contribution in [1.29, 1.82) is 0 Å². The van der Waals surface area contributed by atoms with Crippen LogP contribution < -0.4 is 10.2 Å². The molecule has 3 rings (SSSR count). The van der Waals surface area contributed by atoms with Crippen LogP contribution in [0.1, 0.15) is 23.3 Å². The maximum atomic E-state index is 12.3. The van der Waals surface area contributed by atoms with Crippen LogP contribution in [0.15, 0.2) is 48.7 Å². The van der Waals surface area contributed by atoms with Gasteiger partial charge in [-0.05, 0) is 37.1 Å². The number of ether oxygens (including phenoxy) is 1. The van der Waals surface area contributed by atoms with Gasteiger partial charge in [-0.25, -0.2) is 0 Å². The number of anilines is 2. The van der Waals surface area contributed by atoms with Crippen molar-refractivity contribution in [2.45, 2.75) is 18.9 Å². The van der Waals surface area contributed by atoms with Crippen molar-refractivity contribution in [3.63, 3.8) is 0 Å². The maximum Gasteiger partial charge on any atom is 0.270 e. The molecule has 1 aliphatic heterocycles. The number of nitrogens with zero attached hydrogens (tertiary/aromatic N) is 2. The number of hydrogen-bond acceptors (Lipinski definition) is 4. The minimum absolute atomic E-state index is 0.133. The number of carbonyl (C=O) groups excluding carboxylic acids is 1. The molecule has 2 aromatic rings. The van der Waals surface area contributed by atoms with Crippen molar-refractivity contribution >= 4 is 17.3 Å². The molecule has 1 amide bonds. The second-order valence-corrected chi connectivity index (χ2v) is 5.64. The van der Waals surface area contributed by atoms with Gasteiger partial charge in [0.1, 0.15) is 5.69 Å². The average Bonchev–Trinajstić information content (AvgIpc) is 3.13. The van der Waals surface area contributed by atoms with Gasteiger partial charge < -0.3 is 15.0 Å². The van der Waals surface area contributed by atoms with Crippen LogP contribution in [0.25, 0.3) is 0 Å². The fourth-order valence-corrected chi connectivity index (χ4v) is 2.66. The summed E-state index contributed by atoms with van der Waals surface area (Å²) in [6, 6.07) is 13.7. The van der Waals surface area contributed by atoms with Crippen molar-refractivity contribution in [3.05, 3.63) is 54.4 Å². The number of benzene rings is 1. The lowest BCUT2D eigenvalue weighted by Crippen LogP contribution is -2.32. The van der Waals surface area contributed by atoms with Crippen LogP contribution in [0.4, 0.5) is 11.4 Å². The van der Waals surface area contributed by atoms with Crippen LogP contribution in [-0.4, -0.2) is 37.2 Å². The fraction of sp³-hybridized carbons (Fsp3) is 0.333. The first-order chi connectivity index (χ1) is 11.2. The van der Waals surface area contributed by atoms with E-state index >= 15 is 0 Å². The molecule has 2 heterocycles. The molecule has 23 heavy (non-hydrogen) atoms. The molecule has 5 heteroatoms. The first-order valence-electron chi connectivity index (χ1n) is 7.88. The summed E-state index contributed by atoms with van der Waals surface area (Å²) >= 11 is 0. The Balaban J connectivity index is 1.67. The molecular formula is C18H21N3O2. The first kappa shape index (κ1) is 15.5. The molecule has 1 atom stereocenters. The Morgan fingerprint density at radius 1 is 1.30 bits per heavy atom. The monoisotopic (exact) mass is 311 g/mol. The topological polar surface area (TPSA) is 54.5 Å². The van der Waals surface area contributed by atoms with E-state index < -0.39 is 0 Å². The zero-order chi connectivity index (χ0) is 16.1. The Labute approximate surface area is 136 Å². The molecule has 5 nitrogen and oxygen atoms in total. The number of para-hydroxylation sites is 1. The number of carbonyl (C=O) groups is 1. The Hall–Kier alpha value is -2.40. The highest BCUT2D eigenvalue weighted by Gasteiger charge is 2.17. The van der Waals surface area contributed by atoms with Gasteiger partial charge in [-0.1, -0.05) is 18.2 Å². The number of aromatic nitrogens is 1. The highest BCUT2D eigenvalue weighted by molar-refractivity contribution is 5.93. The Morgan fingerprint density at radius 2 is 2.13 bits per heavy atom. The van der Waals surface area contributed by atoms with E-state index in [1.54, 1.807) is 12.3 Å². The SMILES string of the molecule is CN(c1ccccc1)c1ccnc(C(=O)NCC2CCCO2)c1. The van der Waals surface area contributed by atoms with Gasteiger partial charge in [-0.15, -0.1) is 0 Å². The van der Waals surface area contributed by atoms with Gasteiger partial charge in [-0.2, -0.15) is 0 Å². The number of pyridine rings is 1. The second-order valence-electron chi connectivity index (χ2n) is 5.64. The molecule has 1 aromatic heterocycles. The van der Waals surface area contributed by atoms with Crippen LogP contribution in [0.5, 0.6) is 0 Å². The van der Waals surface area contributed by atoms with E-state index in [2.05, 4.69) is 10.3 Å². The van der Waals surface area contributed by atoms with E-state index in [-0.39, 0.29) is 12.0 Å². The highest BCUT2D eigenvalue weighted by atomic mass is 16.5. The number of nitrogens with one attached hydrogen (secondary N) is 1. The van der Waals surface area contributed by atoms with Crippen LogP contribution in [-0.2, 0) is 4.74 Å². The fourth-order valence-electron chi connectivity index (χ4n) is 2.66. The van der Waals surface area contributed by atoms with Crippen LogP contribution in [0.3, 0.4) is 0 Å². The summed E-state index contributed by atoms with van der Waals surface area (Å²) in [4.78, 5) is 18.5. The zero-order valence-electron chi connectivity index (χ0n) is 13.2. The van der Waals surface area contributed by atoms with E-state index in [0.29, 0.717) is 12.2 Å². The molecule has 0 spiro atoms. The number of amides is 1. The molecule has 0 aliphatic carbocycles. The highest BCUT2D eigenvalue weighted by Crippen LogP contribution is 2.23. The summed E-state index contributed by atoms with van der Waals surface area (Å²) in [5, 5.41) is 2.90. The first-order valence-corrected chi connectivity index (χ1v) is 7.88. The Morgan fingerprint density at radius 3 is 2.87 bits per heavy atom. The molecule has 1 fully saturated rings. The molecule has 0 radical (unpaired) electrons. The zero-order valence-corrected chi connectivity index (χ0v) is 13.2. The van der Waals surface area contributed by atoms with Crippen LogP contribution >= 0.6 is 0 Å². The summed E-state index contributed by atoms with van der Waals surface area (Å²) in [5.74, 6) is -0.163. The van der Waals surface area contributed by atoms with Crippen LogP contribution in [0, 0.1) is 0 Å². The van der Waals surface area contributed by atoms with Gasteiger partial charge >= 0.3 is 0 Å². The van der Waals surface area contributed by atoms with Gasteiger partial charge in [0.25, 0.3) is 5.91 Å². The van der Waals surface area contributed by atoms with Crippen LogP contribution in [0.2, 0.25) is 0 Å².